The number of carbonyl (C=O) groups excluding carboxylic acids is 5. The van der Waals surface area contributed by atoms with Crippen molar-refractivity contribution in [1.82, 2.24) is 26.6 Å². The van der Waals surface area contributed by atoms with E-state index in [-0.39, 0.29) is 6.54 Å². The minimum absolute atomic E-state index is 0.213. The third-order valence-electron chi connectivity index (χ3n) is 9.62. The molecule has 0 radical (unpaired) electrons. The van der Waals surface area contributed by atoms with Crippen molar-refractivity contribution in [1.29, 1.82) is 0 Å². The quantitative estimate of drug-likeness (QED) is 0.119. The minimum atomic E-state index is -2.45. The number of carbonyl (C=O) groups is 5. The number of primary amides is 1. The summed E-state index contributed by atoms with van der Waals surface area (Å²) in [4.78, 5) is 64.1. The molecule has 3 aromatic carbocycles. The van der Waals surface area contributed by atoms with E-state index in [1.54, 1.807) is 21.0 Å². The number of nitrogens with one attached hydrogen (secondary N) is 5. The zero-order valence-electron chi connectivity index (χ0n) is 33.1. The van der Waals surface area contributed by atoms with Crippen molar-refractivity contribution in [3.05, 3.63) is 102 Å². The maximum absolute atomic E-state index is 13.8. The molecule has 0 aromatic heterocycles. The Kier molecular flexibility index (Phi) is 13.0. The lowest BCUT2D eigenvalue weighted by Crippen LogP contribution is -2.67. The average Bonchev–Trinajstić information content (AvgIpc) is 3.54. The molecule has 1 aliphatic rings. The smallest absolute Gasteiger partial charge is 0.410 e. The van der Waals surface area contributed by atoms with Crippen molar-refractivity contribution in [3.8, 4) is 0 Å². The van der Waals surface area contributed by atoms with Crippen LogP contribution in [-0.4, -0.2) is 72.1 Å². The van der Waals surface area contributed by atoms with Crippen LogP contribution in [-0.2, 0) is 44.5 Å². The van der Waals surface area contributed by atoms with E-state index in [1.165, 1.54) is 41.5 Å². The molecule has 1 saturated heterocycles. The van der Waals surface area contributed by atoms with Crippen LogP contribution in [0.15, 0.2) is 84.9 Å². The van der Waals surface area contributed by atoms with Crippen LogP contribution in [0.4, 0.5) is 0 Å². The zero-order chi connectivity index (χ0) is 40.8. The molecule has 0 aliphatic carbocycles. The Balaban J connectivity index is 1.46. The van der Waals surface area contributed by atoms with Crippen LogP contribution in [0, 0.1) is 0 Å². The Bertz CT molecular complexity index is 1820. The SMILES string of the molecule is CO[B-]1(c2ccccc2CNC(C)(C)C(=O)NC(C)(C)C(=O)NC(C)(C)C(=O)NC(C)(C)C(=O)NCC(N)=O)O[C@H](c2ccccc2)[C@@H](c2ccccc2)O1. The molecule has 2 atom stereocenters. The molecule has 296 valence electrons. The molecule has 14 nitrogen and oxygen atoms in total. The maximum atomic E-state index is 13.8. The van der Waals surface area contributed by atoms with Crippen molar-refractivity contribution in [2.24, 2.45) is 5.73 Å². The summed E-state index contributed by atoms with van der Waals surface area (Å²) < 4.78 is 19.6. The minimum Gasteiger partial charge on any atom is -0.543 e. The zero-order valence-corrected chi connectivity index (χ0v) is 33.1. The topological polar surface area (TPSA) is 199 Å². The van der Waals surface area contributed by atoms with Crippen LogP contribution in [0.25, 0.3) is 0 Å². The molecule has 0 bridgehead atoms. The molecule has 55 heavy (non-hydrogen) atoms. The van der Waals surface area contributed by atoms with E-state index >= 15 is 0 Å². The molecule has 0 saturated carbocycles. The highest BCUT2D eigenvalue weighted by molar-refractivity contribution is 6.76. The van der Waals surface area contributed by atoms with Crippen LogP contribution in [0.3, 0.4) is 0 Å². The van der Waals surface area contributed by atoms with Gasteiger partial charge >= 0.3 is 6.75 Å². The number of hydrogen-bond donors (Lipinski definition) is 6. The summed E-state index contributed by atoms with van der Waals surface area (Å²) in [7, 11) is 1.55. The van der Waals surface area contributed by atoms with Crippen LogP contribution < -0.4 is 37.8 Å². The van der Waals surface area contributed by atoms with Crippen molar-refractivity contribution in [2.75, 3.05) is 13.7 Å². The van der Waals surface area contributed by atoms with Gasteiger partial charge in [0.15, 0.2) is 0 Å². The maximum Gasteiger partial charge on any atom is 0.410 e. The number of hydrogen-bond acceptors (Lipinski definition) is 9. The first-order chi connectivity index (χ1) is 25.6. The van der Waals surface area contributed by atoms with E-state index in [0.717, 1.165) is 16.7 Å². The third-order valence-corrected chi connectivity index (χ3v) is 9.62. The highest BCUT2D eigenvalue weighted by atomic mass is 16.8. The molecule has 1 heterocycles. The first kappa shape index (κ1) is 42.7. The molecular weight excluding hydrogens is 703 g/mol. The lowest BCUT2D eigenvalue weighted by atomic mass is 9.67. The summed E-state index contributed by atoms with van der Waals surface area (Å²) in [6, 6.07) is 27.2. The van der Waals surface area contributed by atoms with E-state index in [1.807, 2.05) is 84.9 Å². The van der Waals surface area contributed by atoms with Gasteiger partial charge in [-0.25, -0.2) is 0 Å². The molecular formula is C40H54BN6O8-. The molecule has 5 amide bonds. The van der Waals surface area contributed by atoms with Crippen molar-refractivity contribution >= 4 is 41.8 Å². The number of amides is 5. The van der Waals surface area contributed by atoms with Crippen LogP contribution >= 0.6 is 0 Å². The Morgan fingerprint density at radius 3 is 1.45 bits per heavy atom. The highest BCUT2D eigenvalue weighted by Crippen LogP contribution is 2.45. The third kappa shape index (κ3) is 10.2. The predicted octanol–water partition coefficient (Wildman–Crippen LogP) is 2.16. The molecule has 1 aliphatic heterocycles. The van der Waals surface area contributed by atoms with Crippen molar-refractivity contribution in [3.63, 3.8) is 0 Å². The number of benzene rings is 3. The van der Waals surface area contributed by atoms with Gasteiger partial charge in [0.1, 0.15) is 16.6 Å². The lowest BCUT2D eigenvalue weighted by Gasteiger charge is -2.38. The fraction of sp³-hybridized carbons (Fsp3) is 0.425. The molecule has 4 rings (SSSR count). The van der Waals surface area contributed by atoms with Gasteiger partial charge in [-0.1, -0.05) is 90.5 Å². The van der Waals surface area contributed by atoms with Crippen molar-refractivity contribution in [2.45, 2.75) is 96.3 Å². The fourth-order valence-corrected chi connectivity index (χ4v) is 6.05. The fourth-order valence-electron chi connectivity index (χ4n) is 6.05. The normalized spacial score (nSPS) is 17.2. The summed E-state index contributed by atoms with van der Waals surface area (Å²) in [5.74, 6) is -3.16. The monoisotopic (exact) mass is 757 g/mol. The highest BCUT2D eigenvalue weighted by Gasteiger charge is 2.47. The van der Waals surface area contributed by atoms with Gasteiger partial charge in [0.05, 0.1) is 24.3 Å². The van der Waals surface area contributed by atoms with Gasteiger partial charge in [-0.15, -0.1) is 5.46 Å². The molecule has 0 unspecified atom stereocenters. The average molecular weight is 758 g/mol. The lowest BCUT2D eigenvalue weighted by molar-refractivity contribution is -0.140. The summed E-state index contributed by atoms with van der Waals surface area (Å²) in [6.07, 6.45) is -0.925. The molecule has 0 spiro atoms. The second-order valence-corrected chi connectivity index (χ2v) is 15.9. The van der Waals surface area contributed by atoms with Crippen LogP contribution in [0.5, 0.6) is 0 Å². The predicted molar refractivity (Wildman–Crippen MR) is 209 cm³/mol. The Morgan fingerprint density at radius 2 is 1.02 bits per heavy atom. The van der Waals surface area contributed by atoms with E-state index in [0.29, 0.717) is 5.46 Å². The van der Waals surface area contributed by atoms with E-state index in [2.05, 4.69) is 26.6 Å². The van der Waals surface area contributed by atoms with E-state index in [4.69, 9.17) is 19.7 Å². The van der Waals surface area contributed by atoms with Gasteiger partial charge in [0, 0.05) is 6.54 Å². The first-order valence-electron chi connectivity index (χ1n) is 18.2. The molecule has 3 aromatic rings. The largest absolute Gasteiger partial charge is 0.543 e. The van der Waals surface area contributed by atoms with Gasteiger partial charge in [-0.2, -0.15) is 0 Å². The van der Waals surface area contributed by atoms with Crippen LogP contribution in [0.1, 0.15) is 84.3 Å². The summed E-state index contributed by atoms with van der Waals surface area (Å²) in [6.45, 7) is 9.62. The Hall–Kier alpha value is -5.09. The van der Waals surface area contributed by atoms with E-state index in [9.17, 15) is 24.0 Å². The van der Waals surface area contributed by atoms with Gasteiger partial charge < -0.3 is 41.0 Å². The van der Waals surface area contributed by atoms with E-state index < -0.39 is 77.2 Å². The molecule has 7 N–H and O–H groups in total. The van der Waals surface area contributed by atoms with Gasteiger partial charge in [-0.05, 0) is 73.6 Å². The summed E-state index contributed by atoms with van der Waals surface area (Å²) in [5.41, 5.74) is 2.86. The molecule has 15 heteroatoms. The number of rotatable bonds is 16. The van der Waals surface area contributed by atoms with Gasteiger partial charge in [-0.3, -0.25) is 29.3 Å². The first-order valence-corrected chi connectivity index (χ1v) is 18.2. The van der Waals surface area contributed by atoms with Gasteiger partial charge in [0.25, 0.3) is 0 Å². The second-order valence-electron chi connectivity index (χ2n) is 15.9. The number of nitrogens with two attached hydrogens (primary N) is 1. The Morgan fingerprint density at radius 1 is 0.618 bits per heavy atom. The van der Waals surface area contributed by atoms with Gasteiger partial charge in [0.2, 0.25) is 29.5 Å². The summed E-state index contributed by atoms with van der Waals surface area (Å²) in [5, 5.41) is 13.7. The molecule has 1 fully saturated rings. The standard InChI is InChI=1S/C40H54BN6O8/c1-37(2,34(50)45-39(5,6)36(52)47-40(7,8)35(51)46-38(3,4)33(49)43-25-30(42)48)44-24-28-22-16-17-23-29(28)41(53-9)54-31(26-18-12-10-13-19-26)32(55-41)27-20-14-11-15-21-27/h10-23,31-32,44H,24-25H2,1-9H3,(H2,42,48)(H,43,49)(H,45,50)(H,46,51)(H,47,52)/q-1/t31-,32-/m1/s1. The summed E-state index contributed by atoms with van der Waals surface area (Å²) >= 11 is 0. The Labute approximate surface area is 323 Å². The van der Waals surface area contributed by atoms with Crippen LogP contribution in [0.2, 0.25) is 0 Å². The second kappa shape index (κ2) is 16.7. The van der Waals surface area contributed by atoms with Crippen molar-refractivity contribution < 1.29 is 37.9 Å².